The van der Waals surface area contributed by atoms with E-state index in [0.717, 1.165) is 25.8 Å². The maximum absolute atomic E-state index is 12.7. The Morgan fingerprint density at radius 3 is 2.25 bits per heavy atom. The summed E-state index contributed by atoms with van der Waals surface area (Å²) in [5, 5.41) is 5.26. The number of hydrogen-bond donors (Lipinski definition) is 0. The van der Waals surface area contributed by atoms with E-state index in [1.54, 1.807) is 4.90 Å². The van der Waals surface area contributed by atoms with Gasteiger partial charge in [0.05, 0.1) is 5.41 Å². The number of nitrogens with zero attached hydrogens (tertiary/aromatic N) is 3. The summed E-state index contributed by atoms with van der Waals surface area (Å²) < 4.78 is 2.39. The quantitative estimate of drug-likeness (QED) is 0.189. The molecule has 0 bridgehead atoms. The first-order valence-corrected chi connectivity index (χ1v) is 17.7. The van der Waals surface area contributed by atoms with Crippen molar-refractivity contribution >= 4 is 44.5 Å². The van der Waals surface area contributed by atoms with Crippen molar-refractivity contribution in [1.82, 2.24) is 4.90 Å². The SMILES string of the molecule is CN(C)C(=O)CCN1c2ccc3ccccc3c2C(C)(C)C1C/C=C1C=C(/C=C/C2=[N+](C)c3ccc4ccccc4c3C2(C)C)CCC/1. The average Bonchev–Trinajstić information content (AvgIpc) is 3.42. The van der Waals surface area contributed by atoms with Crippen LogP contribution in [0.3, 0.4) is 0 Å². The highest BCUT2D eigenvalue weighted by Crippen LogP contribution is 2.50. The standard InChI is InChI=1S/C44H50N3O/c1-43(2)38(46(7)36-23-21-32-15-8-10-17-34(32)41(36)43)25-19-30-13-12-14-31(29-30)20-26-39-44(3,4)42-35-18-11-9-16-33(35)22-24-37(42)47(39)28-27-40(48)45(5)6/h8-11,15-25,29,39H,12-14,26-28H2,1-7H3/q+1/b25-19+,31-20+. The third-order valence-electron chi connectivity index (χ3n) is 11.4. The summed E-state index contributed by atoms with van der Waals surface area (Å²) in [5.74, 6) is 0.177. The lowest BCUT2D eigenvalue weighted by Gasteiger charge is -2.34. The first-order valence-electron chi connectivity index (χ1n) is 17.7. The van der Waals surface area contributed by atoms with Gasteiger partial charge in [0.25, 0.3) is 0 Å². The van der Waals surface area contributed by atoms with Crippen LogP contribution in [0.1, 0.15) is 70.9 Å². The second kappa shape index (κ2) is 12.2. The Labute approximate surface area is 286 Å². The van der Waals surface area contributed by atoms with Crippen LogP contribution in [0.15, 0.2) is 108 Å². The van der Waals surface area contributed by atoms with Gasteiger partial charge in [0, 0.05) is 61.9 Å². The Kier molecular flexibility index (Phi) is 8.18. The molecule has 1 unspecified atom stereocenters. The van der Waals surface area contributed by atoms with Crippen molar-refractivity contribution in [3.05, 3.63) is 119 Å². The molecule has 0 N–H and O–H groups in total. The Hall–Kier alpha value is -4.44. The number of carbonyl (C=O) groups is 1. The second-order valence-electron chi connectivity index (χ2n) is 15.3. The van der Waals surface area contributed by atoms with E-state index in [2.05, 4.69) is 141 Å². The fourth-order valence-corrected chi connectivity index (χ4v) is 8.85. The normalized spacial score (nSPS) is 20.6. The van der Waals surface area contributed by atoms with E-state index in [0.29, 0.717) is 6.42 Å². The summed E-state index contributed by atoms with van der Waals surface area (Å²) in [6.45, 7) is 10.3. The topological polar surface area (TPSA) is 26.6 Å². The summed E-state index contributed by atoms with van der Waals surface area (Å²) in [6.07, 6.45) is 14.5. The summed E-state index contributed by atoms with van der Waals surface area (Å²) in [5.41, 5.74) is 9.45. The third kappa shape index (κ3) is 5.40. The van der Waals surface area contributed by atoms with Gasteiger partial charge in [-0.25, -0.2) is 0 Å². The zero-order valence-corrected chi connectivity index (χ0v) is 29.8. The van der Waals surface area contributed by atoms with Crippen LogP contribution in [-0.2, 0) is 15.6 Å². The first-order chi connectivity index (χ1) is 23.0. The van der Waals surface area contributed by atoms with E-state index in [1.165, 1.54) is 67.3 Å². The Balaban J connectivity index is 1.17. The lowest BCUT2D eigenvalue weighted by Crippen LogP contribution is -2.42. The second-order valence-corrected chi connectivity index (χ2v) is 15.3. The fraction of sp³-hybridized carbons (Fsp3) is 0.364. The minimum absolute atomic E-state index is 0.0655. The minimum atomic E-state index is -0.0833. The van der Waals surface area contributed by atoms with Crippen molar-refractivity contribution < 1.29 is 9.37 Å². The molecule has 0 aromatic heterocycles. The van der Waals surface area contributed by atoms with Crippen LogP contribution in [0.4, 0.5) is 11.4 Å². The molecular weight excluding hydrogens is 587 g/mol. The number of benzene rings is 4. The molecule has 0 fully saturated rings. The largest absolute Gasteiger partial charge is 0.367 e. The van der Waals surface area contributed by atoms with Gasteiger partial charge in [-0.2, -0.15) is 4.58 Å². The van der Waals surface area contributed by atoms with Crippen LogP contribution in [0.2, 0.25) is 0 Å². The van der Waals surface area contributed by atoms with Gasteiger partial charge in [-0.1, -0.05) is 92.2 Å². The molecule has 4 aromatic rings. The van der Waals surface area contributed by atoms with Crippen molar-refractivity contribution in [1.29, 1.82) is 0 Å². The van der Waals surface area contributed by atoms with E-state index in [4.69, 9.17) is 0 Å². The lowest BCUT2D eigenvalue weighted by atomic mass is 9.77. The van der Waals surface area contributed by atoms with Gasteiger partial charge >= 0.3 is 0 Å². The van der Waals surface area contributed by atoms with Gasteiger partial charge in [0.15, 0.2) is 5.71 Å². The van der Waals surface area contributed by atoms with Crippen molar-refractivity contribution in [3.8, 4) is 0 Å². The van der Waals surface area contributed by atoms with E-state index >= 15 is 0 Å². The maximum Gasteiger partial charge on any atom is 0.223 e. The summed E-state index contributed by atoms with van der Waals surface area (Å²) in [7, 11) is 5.92. The third-order valence-corrected chi connectivity index (χ3v) is 11.4. The minimum Gasteiger partial charge on any atom is -0.367 e. The molecule has 2 aliphatic heterocycles. The molecular formula is C44H50N3O+. The zero-order valence-electron chi connectivity index (χ0n) is 29.8. The van der Waals surface area contributed by atoms with Crippen molar-refractivity contribution in [2.24, 2.45) is 0 Å². The number of amides is 1. The molecule has 3 aliphatic rings. The highest BCUT2D eigenvalue weighted by atomic mass is 16.2. The number of fused-ring (bicyclic) bond motifs is 6. The van der Waals surface area contributed by atoms with Crippen molar-refractivity contribution in [3.63, 3.8) is 0 Å². The predicted octanol–water partition coefficient (Wildman–Crippen LogP) is 9.63. The molecule has 0 saturated heterocycles. The number of anilines is 1. The van der Waals surface area contributed by atoms with Gasteiger partial charge in [0.1, 0.15) is 7.05 Å². The molecule has 2 heterocycles. The van der Waals surface area contributed by atoms with Crippen molar-refractivity contribution in [2.45, 2.75) is 76.7 Å². The molecule has 4 aromatic carbocycles. The molecule has 4 nitrogen and oxygen atoms in total. The number of rotatable bonds is 7. The molecule has 1 atom stereocenters. The monoisotopic (exact) mass is 636 g/mol. The van der Waals surface area contributed by atoms with Crippen LogP contribution in [0.25, 0.3) is 21.5 Å². The van der Waals surface area contributed by atoms with Gasteiger partial charge < -0.3 is 9.80 Å². The fourth-order valence-electron chi connectivity index (χ4n) is 8.85. The van der Waals surface area contributed by atoms with Gasteiger partial charge in [-0.3, -0.25) is 4.79 Å². The average molecular weight is 637 g/mol. The van der Waals surface area contributed by atoms with E-state index < -0.39 is 0 Å². The molecule has 7 rings (SSSR count). The molecule has 1 amide bonds. The number of allylic oxidation sites excluding steroid dienone is 5. The molecule has 0 saturated carbocycles. The van der Waals surface area contributed by atoms with Crippen LogP contribution in [-0.4, -0.2) is 54.8 Å². The number of hydrogen-bond acceptors (Lipinski definition) is 2. The first kappa shape index (κ1) is 32.1. The van der Waals surface area contributed by atoms with Crippen LogP contribution >= 0.6 is 0 Å². The molecule has 0 spiro atoms. The Bertz CT molecular complexity index is 2050. The van der Waals surface area contributed by atoms with Gasteiger partial charge in [0.2, 0.25) is 11.6 Å². The highest BCUT2D eigenvalue weighted by molar-refractivity contribution is 6.07. The smallest absolute Gasteiger partial charge is 0.223 e. The van der Waals surface area contributed by atoms with Gasteiger partial charge in [-0.05, 0) is 84.3 Å². The van der Waals surface area contributed by atoms with E-state index in [9.17, 15) is 4.79 Å². The van der Waals surface area contributed by atoms with E-state index in [-0.39, 0.29) is 22.8 Å². The summed E-state index contributed by atoms with van der Waals surface area (Å²) in [6, 6.07) is 26.9. The number of carbonyl (C=O) groups excluding carboxylic acids is 1. The molecule has 1 aliphatic carbocycles. The predicted molar refractivity (Wildman–Crippen MR) is 203 cm³/mol. The highest BCUT2D eigenvalue weighted by Gasteiger charge is 2.45. The molecule has 48 heavy (non-hydrogen) atoms. The van der Waals surface area contributed by atoms with Crippen LogP contribution in [0.5, 0.6) is 0 Å². The Morgan fingerprint density at radius 2 is 1.54 bits per heavy atom. The Morgan fingerprint density at radius 1 is 0.875 bits per heavy atom. The summed E-state index contributed by atoms with van der Waals surface area (Å²) in [4.78, 5) is 17.0. The lowest BCUT2D eigenvalue weighted by molar-refractivity contribution is -0.401. The van der Waals surface area contributed by atoms with E-state index in [1.807, 2.05) is 14.1 Å². The molecule has 4 heteroatoms. The van der Waals surface area contributed by atoms with Crippen LogP contribution < -0.4 is 4.90 Å². The van der Waals surface area contributed by atoms with Gasteiger partial charge in [-0.15, -0.1) is 0 Å². The molecule has 0 radical (unpaired) electrons. The maximum atomic E-state index is 12.7. The van der Waals surface area contributed by atoms with Crippen LogP contribution in [0, 0.1) is 0 Å². The summed E-state index contributed by atoms with van der Waals surface area (Å²) >= 11 is 0. The van der Waals surface area contributed by atoms with Crippen molar-refractivity contribution in [2.75, 3.05) is 32.6 Å². The molecule has 246 valence electrons. The zero-order chi connectivity index (χ0) is 33.8.